The van der Waals surface area contributed by atoms with E-state index < -0.39 is 17.6 Å². The van der Waals surface area contributed by atoms with Crippen molar-refractivity contribution in [2.24, 2.45) is 11.8 Å². The van der Waals surface area contributed by atoms with Gasteiger partial charge in [0, 0.05) is 12.1 Å². The number of hydrogen-bond acceptors (Lipinski definition) is 5. The van der Waals surface area contributed by atoms with Gasteiger partial charge in [-0.25, -0.2) is 0 Å². The molecule has 0 saturated carbocycles. The molecule has 0 radical (unpaired) electrons. The predicted molar refractivity (Wildman–Crippen MR) is 60.8 cm³/mol. The molecule has 5 nitrogen and oxygen atoms in total. The van der Waals surface area contributed by atoms with Gasteiger partial charge in [-0.1, -0.05) is 27.7 Å². The maximum atomic E-state index is 9.52. The van der Waals surface area contributed by atoms with Gasteiger partial charge in [0.25, 0.3) is 0 Å². The summed E-state index contributed by atoms with van der Waals surface area (Å²) in [5.41, 5.74) is 0. The minimum atomic E-state index is -3.91. The van der Waals surface area contributed by atoms with Crippen LogP contribution in [0, 0.1) is 11.8 Å². The molecule has 0 aliphatic carbocycles. The van der Waals surface area contributed by atoms with Crippen LogP contribution < -0.4 is 0 Å². The quantitative estimate of drug-likeness (QED) is 0.507. The molecule has 0 aromatic heterocycles. The van der Waals surface area contributed by atoms with Crippen molar-refractivity contribution in [3.05, 3.63) is 0 Å². The van der Waals surface area contributed by atoms with E-state index in [1.54, 1.807) is 0 Å². The molecule has 0 atom stereocenters. The maximum absolute atomic E-state index is 9.52. The molecule has 7 heteroatoms. The molecule has 0 aromatic carbocycles. The first kappa shape index (κ1) is 15.2. The average molecular weight is 254 g/mol. The molecule has 0 heterocycles. The highest BCUT2D eigenvalue weighted by atomic mass is 28.5. The SMILES string of the molecule is CC(C)C[Si](O)(O)O[Si](O)(O)CC(C)C. The van der Waals surface area contributed by atoms with Gasteiger partial charge in [-0.3, -0.25) is 0 Å². The van der Waals surface area contributed by atoms with Gasteiger partial charge in [0.15, 0.2) is 0 Å². The van der Waals surface area contributed by atoms with Crippen molar-refractivity contribution in [3.63, 3.8) is 0 Å². The fraction of sp³-hybridized carbons (Fsp3) is 1.00. The van der Waals surface area contributed by atoms with Gasteiger partial charge >= 0.3 is 17.6 Å². The Kier molecular flexibility index (Phi) is 5.61. The normalized spacial score (nSPS) is 14.0. The minimum absolute atomic E-state index is 0.0514. The Balaban J connectivity index is 4.29. The summed E-state index contributed by atoms with van der Waals surface area (Å²) in [6, 6.07) is 0.169. The summed E-state index contributed by atoms with van der Waals surface area (Å²) in [5.74, 6) is 0.103. The molecule has 0 fully saturated rings. The molecule has 0 spiro atoms. The van der Waals surface area contributed by atoms with Crippen LogP contribution in [0.15, 0.2) is 0 Å². The molecule has 0 aliphatic rings. The second-order valence-electron chi connectivity index (χ2n) is 4.78. The van der Waals surface area contributed by atoms with E-state index in [2.05, 4.69) is 0 Å². The van der Waals surface area contributed by atoms with Crippen LogP contribution in [0.3, 0.4) is 0 Å². The van der Waals surface area contributed by atoms with Gasteiger partial charge in [-0.15, -0.1) is 0 Å². The molecule has 15 heavy (non-hydrogen) atoms. The molecule has 0 rings (SSSR count). The van der Waals surface area contributed by atoms with Crippen molar-refractivity contribution in [2.45, 2.75) is 39.8 Å². The first-order valence-electron chi connectivity index (χ1n) is 5.14. The van der Waals surface area contributed by atoms with Gasteiger partial charge in [0.2, 0.25) is 0 Å². The second kappa shape index (κ2) is 5.53. The highest BCUT2D eigenvalue weighted by molar-refractivity contribution is 6.72. The van der Waals surface area contributed by atoms with E-state index in [0.717, 1.165) is 0 Å². The van der Waals surface area contributed by atoms with Gasteiger partial charge in [-0.2, -0.15) is 0 Å². The van der Waals surface area contributed by atoms with Crippen molar-refractivity contribution in [1.29, 1.82) is 0 Å². The molecule has 0 bridgehead atoms. The Morgan fingerprint density at radius 2 is 1.07 bits per heavy atom. The van der Waals surface area contributed by atoms with Gasteiger partial charge in [0.1, 0.15) is 0 Å². The first-order valence-corrected chi connectivity index (χ1v) is 9.16. The summed E-state index contributed by atoms with van der Waals surface area (Å²) < 4.78 is 4.75. The van der Waals surface area contributed by atoms with Gasteiger partial charge in [0.05, 0.1) is 0 Å². The van der Waals surface area contributed by atoms with Crippen molar-refractivity contribution < 1.29 is 23.3 Å². The second-order valence-corrected chi connectivity index (χ2v) is 9.39. The Morgan fingerprint density at radius 3 is 1.27 bits per heavy atom. The smallest absolute Gasteiger partial charge is 0.390 e. The molecule has 0 amide bonds. The van der Waals surface area contributed by atoms with E-state index in [4.69, 9.17) is 4.12 Å². The molecular weight excluding hydrogens is 232 g/mol. The van der Waals surface area contributed by atoms with E-state index >= 15 is 0 Å². The van der Waals surface area contributed by atoms with Crippen molar-refractivity contribution in [2.75, 3.05) is 0 Å². The Morgan fingerprint density at radius 1 is 0.800 bits per heavy atom. The summed E-state index contributed by atoms with van der Waals surface area (Å²) in [4.78, 5) is 38.1. The highest BCUT2D eigenvalue weighted by Crippen LogP contribution is 2.20. The van der Waals surface area contributed by atoms with Crippen LogP contribution in [-0.2, 0) is 4.12 Å². The van der Waals surface area contributed by atoms with E-state index in [0.29, 0.717) is 0 Å². The van der Waals surface area contributed by atoms with Gasteiger partial charge < -0.3 is 23.3 Å². The zero-order valence-corrected chi connectivity index (χ0v) is 11.8. The lowest BCUT2D eigenvalue weighted by Crippen LogP contribution is -2.54. The summed E-state index contributed by atoms with van der Waals surface area (Å²) in [6.45, 7) is 7.27. The average Bonchev–Trinajstić information content (AvgIpc) is 1.73. The van der Waals surface area contributed by atoms with Crippen molar-refractivity contribution >= 4 is 17.6 Å². The van der Waals surface area contributed by atoms with Crippen molar-refractivity contribution in [1.82, 2.24) is 0 Å². The van der Waals surface area contributed by atoms with Crippen LogP contribution in [0.4, 0.5) is 0 Å². The zero-order valence-electron chi connectivity index (χ0n) is 9.77. The Labute approximate surface area is 93.1 Å². The predicted octanol–water partition coefficient (Wildman–Crippen LogP) is 0.162. The van der Waals surface area contributed by atoms with Crippen LogP contribution in [0.2, 0.25) is 12.1 Å². The molecule has 92 valence electrons. The molecule has 0 saturated heterocycles. The van der Waals surface area contributed by atoms with Crippen LogP contribution in [0.5, 0.6) is 0 Å². The third-order valence-electron chi connectivity index (χ3n) is 1.68. The molecule has 0 unspecified atom stereocenters. The molecule has 0 aromatic rings. The summed E-state index contributed by atoms with van der Waals surface area (Å²) in [6.07, 6.45) is 0. The fourth-order valence-electron chi connectivity index (χ4n) is 1.41. The van der Waals surface area contributed by atoms with Crippen LogP contribution in [-0.4, -0.2) is 36.8 Å². The fourth-order valence-corrected chi connectivity index (χ4v) is 6.30. The minimum Gasteiger partial charge on any atom is -0.390 e. The van der Waals surface area contributed by atoms with Crippen LogP contribution >= 0.6 is 0 Å². The number of hydrogen-bond donors (Lipinski definition) is 4. The van der Waals surface area contributed by atoms with Crippen LogP contribution in [0.25, 0.3) is 0 Å². The Hall–Kier alpha value is 0.234. The Bertz CT molecular complexity index is 173. The lowest BCUT2D eigenvalue weighted by Gasteiger charge is -2.27. The van der Waals surface area contributed by atoms with Gasteiger partial charge in [-0.05, 0) is 11.8 Å². The third-order valence-corrected chi connectivity index (χ3v) is 6.99. The first-order chi connectivity index (χ1) is 6.54. The lowest BCUT2D eigenvalue weighted by atomic mass is 10.3. The summed E-state index contributed by atoms with van der Waals surface area (Å²) >= 11 is 0. The summed E-state index contributed by atoms with van der Waals surface area (Å²) in [7, 11) is -7.81. The van der Waals surface area contributed by atoms with Crippen LogP contribution in [0.1, 0.15) is 27.7 Å². The monoisotopic (exact) mass is 254 g/mol. The van der Waals surface area contributed by atoms with E-state index in [1.165, 1.54) is 0 Å². The largest absolute Gasteiger partial charge is 0.488 e. The maximum Gasteiger partial charge on any atom is 0.488 e. The van der Waals surface area contributed by atoms with E-state index in [-0.39, 0.29) is 23.9 Å². The van der Waals surface area contributed by atoms with Crippen molar-refractivity contribution in [3.8, 4) is 0 Å². The number of rotatable bonds is 6. The molecule has 4 N–H and O–H groups in total. The third kappa shape index (κ3) is 8.08. The molecular formula is C8H22O5Si2. The van der Waals surface area contributed by atoms with E-state index in [1.807, 2.05) is 27.7 Å². The lowest BCUT2D eigenvalue weighted by molar-refractivity contribution is 0.148. The van der Waals surface area contributed by atoms with E-state index in [9.17, 15) is 19.2 Å². The molecule has 0 aliphatic heterocycles. The zero-order chi connectivity index (χ0) is 12.3. The summed E-state index contributed by atoms with van der Waals surface area (Å²) in [5, 5.41) is 0. The topological polar surface area (TPSA) is 90.2 Å². The standard InChI is InChI=1S/C8H22O5Si2/c1-7(2)5-14(9,10)13-15(11,12)6-8(3)4/h7-12H,5-6H2,1-4H3. The highest BCUT2D eigenvalue weighted by Gasteiger charge is 2.45.